The van der Waals surface area contributed by atoms with E-state index in [2.05, 4.69) is 33.9 Å². The Morgan fingerprint density at radius 3 is 2.53 bits per heavy atom. The van der Waals surface area contributed by atoms with Gasteiger partial charge in [0.25, 0.3) is 0 Å². The first kappa shape index (κ1) is 13.7. The van der Waals surface area contributed by atoms with Gasteiger partial charge in [-0.15, -0.1) is 0 Å². The summed E-state index contributed by atoms with van der Waals surface area (Å²) >= 11 is 0. The second kappa shape index (κ2) is 5.97. The number of piperidine rings is 1. The van der Waals surface area contributed by atoms with E-state index in [-0.39, 0.29) is 5.84 Å². The SMILES string of the molecule is CN(C)CC1CCN(c2cnc(C(=N)N)cn2)CC1. The lowest BCUT2D eigenvalue weighted by Crippen LogP contribution is -2.37. The minimum Gasteiger partial charge on any atom is -0.382 e. The van der Waals surface area contributed by atoms with Crippen molar-refractivity contribution in [3.05, 3.63) is 18.1 Å². The lowest BCUT2D eigenvalue weighted by molar-refractivity contribution is 0.284. The fourth-order valence-corrected chi connectivity index (χ4v) is 2.48. The monoisotopic (exact) mass is 262 g/mol. The molecule has 0 aliphatic carbocycles. The summed E-state index contributed by atoms with van der Waals surface area (Å²) < 4.78 is 0. The van der Waals surface area contributed by atoms with Crippen molar-refractivity contribution in [3.63, 3.8) is 0 Å². The summed E-state index contributed by atoms with van der Waals surface area (Å²) in [6, 6.07) is 0. The van der Waals surface area contributed by atoms with Crippen molar-refractivity contribution >= 4 is 11.7 Å². The van der Waals surface area contributed by atoms with Crippen molar-refractivity contribution in [2.75, 3.05) is 38.6 Å². The maximum atomic E-state index is 7.30. The molecular weight excluding hydrogens is 240 g/mol. The maximum Gasteiger partial charge on any atom is 0.147 e. The molecule has 0 atom stereocenters. The van der Waals surface area contributed by atoms with Crippen LogP contribution in [0.1, 0.15) is 18.5 Å². The molecule has 1 fully saturated rings. The molecule has 0 radical (unpaired) electrons. The quantitative estimate of drug-likeness (QED) is 0.611. The van der Waals surface area contributed by atoms with Gasteiger partial charge in [-0.3, -0.25) is 5.41 Å². The van der Waals surface area contributed by atoms with Crippen LogP contribution < -0.4 is 10.6 Å². The van der Waals surface area contributed by atoms with E-state index in [1.165, 1.54) is 12.8 Å². The van der Waals surface area contributed by atoms with Gasteiger partial charge < -0.3 is 15.5 Å². The topological polar surface area (TPSA) is 82.1 Å². The summed E-state index contributed by atoms with van der Waals surface area (Å²) in [4.78, 5) is 13.0. The number of aromatic nitrogens is 2. The van der Waals surface area contributed by atoms with Crippen LogP contribution in [-0.2, 0) is 0 Å². The second-order valence-electron chi connectivity index (χ2n) is 5.37. The summed E-state index contributed by atoms with van der Waals surface area (Å²) in [5.41, 5.74) is 5.81. The predicted molar refractivity (Wildman–Crippen MR) is 76.5 cm³/mol. The molecule has 2 rings (SSSR count). The first-order valence-electron chi connectivity index (χ1n) is 6.62. The zero-order chi connectivity index (χ0) is 13.8. The molecule has 2 heterocycles. The van der Waals surface area contributed by atoms with Crippen LogP contribution >= 0.6 is 0 Å². The van der Waals surface area contributed by atoms with Crippen molar-refractivity contribution in [1.82, 2.24) is 14.9 Å². The lowest BCUT2D eigenvalue weighted by Gasteiger charge is -2.33. The number of amidine groups is 1. The minimum absolute atomic E-state index is 0.0382. The number of nitrogens with one attached hydrogen (secondary N) is 1. The van der Waals surface area contributed by atoms with E-state index < -0.39 is 0 Å². The minimum atomic E-state index is -0.0382. The van der Waals surface area contributed by atoms with Crippen LogP contribution in [-0.4, -0.2) is 54.4 Å². The maximum absolute atomic E-state index is 7.30. The zero-order valence-electron chi connectivity index (χ0n) is 11.6. The molecule has 3 N–H and O–H groups in total. The highest BCUT2D eigenvalue weighted by Crippen LogP contribution is 2.21. The van der Waals surface area contributed by atoms with Gasteiger partial charge in [0.15, 0.2) is 0 Å². The van der Waals surface area contributed by atoms with E-state index in [1.807, 2.05) is 0 Å². The van der Waals surface area contributed by atoms with Crippen molar-refractivity contribution in [1.29, 1.82) is 5.41 Å². The third-order valence-corrected chi connectivity index (χ3v) is 3.48. The van der Waals surface area contributed by atoms with Gasteiger partial charge in [-0.25, -0.2) is 9.97 Å². The van der Waals surface area contributed by atoms with Crippen molar-refractivity contribution in [2.45, 2.75) is 12.8 Å². The molecule has 0 unspecified atom stereocenters. The lowest BCUT2D eigenvalue weighted by atomic mass is 9.96. The van der Waals surface area contributed by atoms with E-state index in [0.29, 0.717) is 5.69 Å². The van der Waals surface area contributed by atoms with Crippen molar-refractivity contribution < 1.29 is 0 Å². The molecule has 0 amide bonds. The molecule has 1 aromatic rings. The molecule has 104 valence electrons. The average Bonchev–Trinajstić information content (AvgIpc) is 2.39. The molecule has 6 heteroatoms. The molecule has 19 heavy (non-hydrogen) atoms. The van der Waals surface area contributed by atoms with Gasteiger partial charge >= 0.3 is 0 Å². The Balaban J connectivity index is 1.92. The van der Waals surface area contributed by atoms with Gasteiger partial charge in [0.1, 0.15) is 17.3 Å². The summed E-state index contributed by atoms with van der Waals surface area (Å²) in [6.45, 7) is 3.20. The molecule has 0 aromatic carbocycles. The number of rotatable bonds is 4. The van der Waals surface area contributed by atoms with E-state index in [9.17, 15) is 0 Å². The summed E-state index contributed by atoms with van der Waals surface area (Å²) in [7, 11) is 4.25. The molecule has 6 nitrogen and oxygen atoms in total. The predicted octanol–water partition coefficient (Wildman–Crippen LogP) is 0.539. The van der Waals surface area contributed by atoms with Crippen molar-refractivity contribution in [3.8, 4) is 0 Å². The van der Waals surface area contributed by atoms with E-state index in [1.54, 1.807) is 12.4 Å². The second-order valence-corrected chi connectivity index (χ2v) is 5.37. The number of anilines is 1. The summed E-state index contributed by atoms with van der Waals surface area (Å²) in [5.74, 6) is 1.62. The normalized spacial score (nSPS) is 16.9. The van der Waals surface area contributed by atoms with Gasteiger partial charge in [-0.2, -0.15) is 0 Å². The molecule has 1 aliphatic heterocycles. The number of nitrogens with two attached hydrogens (primary N) is 1. The van der Waals surface area contributed by atoms with Crippen LogP contribution in [0.3, 0.4) is 0 Å². The third kappa shape index (κ3) is 3.64. The Hall–Kier alpha value is -1.69. The van der Waals surface area contributed by atoms with Gasteiger partial charge in [0, 0.05) is 19.6 Å². The molecule has 0 spiro atoms. The van der Waals surface area contributed by atoms with E-state index in [0.717, 1.165) is 31.4 Å². The number of hydrogen-bond acceptors (Lipinski definition) is 5. The van der Waals surface area contributed by atoms with Gasteiger partial charge in [0.2, 0.25) is 0 Å². The molecular formula is C13H22N6. The smallest absolute Gasteiger partial charge is 0.147 e. The molecule has 1 saturated heterocycles. The Morgan fingerprint density at radius 2 is 2.05 bits per heavy atom. The Kier molecular flexibility index (Phi) is 4.31. The first-order chi connectivity index (χ1) is 9.06. The fourth-order valence-electron chi connectivity index (χ4n) is 2.48. The number of nitrogens with zero attached hydrogens (tertiary/aromatic N) is 4. The Labute approximate surface area is 114 Å². The highest BCUT2D eigenvalue weighted by atomic mass is 15.2. The van der Waals surface area contributed by atoms with Gasteiger partial charge in [0.05, 0.1) is 12.4 Å². The fraction of sp³-hybridized carbons (Fsp3) is 0.615. The molecule has 1 aliphatic rings. The van der Waals surface area contributed by atoms with Crippen LogP contribution in [0.5, 0.6) is 0 Å². The van der Waals surface area contributed by atoms with Crippen LogP contribution in [0.2, 0.25) is 0 Å². The summed E-state index contributed by atoms with van der Waals surface area (Å²) in [6.07, 6.45) is 5.66. The first-order valence-corrected chi connectivity index (χ1v) is 6.62. The third-order valence-electron chi connectivity index (χ3n) is 3.48. The van der Waals surface area contributed by atoms with Crippen LogP contribution in [0.25, 0.3) is 0 Å². The Bertz CT molecular complexity index is 419. The number of hydrogen-bond donors (Lipinski definition) is 2. The largest absolute Gasteiger partial charge is 0.382 e. The molecule has 0 saturated carbocycles. The highest BCUT2D eigenvalue weighted by molar-refractivity contribution is 5.92. The van der Waals surface area contributed by atoms with E-state index >= 15 is 0 Å². The van der Waals surface area contributed by atoms with Crippen LogP contribution in [0, 0.1) is 11.3 Å². The van der Waals surface area contributed by atoms with Gasteiger partial charge in [-0.1, -0.05) is 0 Å². The number of nitrogen functional groups attached to an aromatic ring is 1. The molecule has 0 bridgehead atoms. The molecule has 1 aromatic heterocycles. The van der Waals surface area contributed by atoms with Crippen LogP contribution in [0.4, 0.5) is 5.82 Å². The average molecular weight is 262 g/mol. The Morgan fingerprint density at radius 1 is 1.37 bits per heavy atom. The van der Waals surface area contributed by atoms with Gasteiger partial charge in [-0.05, 0) is 32.9 Å². The summed E-state index contributed by atoms with van der Waals surface area (Å²) in [5, 5.41) is 7.30. The standard InChI is InChI=1S/C13H22N6/c1-18(2)9-10-3-5-19(6-4-10)12-8-16-11(7-17-12)13(14)15/h7-8,10H,3-6,9H2,1-2H3,(H3,14,15). The van der Waals surface area contributed by atoms with Crippen molar-refractivity contribution in [2.24, 2.45) is 11.7 Å². The highest BCUT2D eigenvalue weighted by Gasteiger charge is 2.20. The van der Waals surface area contributed by atoms with E-state index in [4.69, 9.17) is 11.1 Å². The zero-order valence-corrected chi connectivity index (χ0v) is 11.6. The van der Waals surface area contributed by atoms with Crippen LogP contribution in [0.15, 0.2) is 12.4 Å².